The molecule has 2 aromatic carbocycles. The third kappa shape index (κ3) is 3.26. The molecule has 0 atom stereocenters. The monoisotopic (exact) mass is 280 g/mol. The predicted octanol–water partition coefficient (Wildman–Crippen LogP) is 2.76. The van der Waals surface area contributed by atoms with Crippen LogP contribution in [0.25, 0.3) is 10.8 Å². The van der Waals surface area contributed by atoms with Crippen LogP contribution in [0.5, 0.6) is 0 Å². The van der Waals surface area contributed by atoms with E-state index in [4.69, 9.17) is 5.26 Å². The summed E-state index contributed by atoms with van der Waals surface area (Å²) in [7, 11) is 1.71. The van der Waals surface area contributed by atoms with Crippen LogP contribution in [0.2, 0.25) is 0 Å². The third-order valence-corrected chi connectivity index (χ3v) is 3.38. The van der Waals surface area contributed by atoms with Crippen molar-refractivity contribution in [3.8, 4) is 6.07 Å². The zero-order valence-corrected chi connectivity index (χ0v) is 11.9. The number of carbonyl (C=O) groups excluding carboxylic acids is 2. The molecule has 0 saturated heterocycles. The summed E-state index contributed by atoms with van der Waals surface area (Å²) >= 11 is 0. The van der Waals surface area contributed by atoms with E-state index in [1.807, 2.05) is 24.3 Å². The Kier molecular flexibility index (Phi) is 4.68. The third-order valence-electron chi connectivity index (χ3n) is 3.38. The maximum Gasteiger partial charge on any atom is 0.254 e. The summed E-state index contributed by atoms with van der Waals surface area (Å²) < 4.78 is 0. The van der Waals surface area contributed by atoms with Crippen LogP contribution in [0.1, 0.15) is 28.8 Å². The van der Waals surface area contributed by atoms with Gasteiger partial charge in [-0.3, -0.25) is 4.79 Å². The molecule has 21 heavy (non-hydrogen) atoms. The minimum Gasteiger partial charge on any atom is -0.342 e. The van der Waals surface area contributed by atoms with Gasteiger partial charge in [0.2, 0.25) is 0 Å². The predicted molar refractivity (Wildman–Crippen MR) is 80.9 cm³/mol. The summed E-state index contributed by atoms with van der Waals surface area (Å²) in [6.45, 7) is 0.517. The van der Waals surface area contributed by atoms with Gasteiger partial charge in [0.25, 0.3) is 5.91 Å². The fourth-order valence-electron chi connectivity index (χ4n) is 2.27. The van der Waals surface area contributed by atoms with Crippen molar-refractivity contribution in [3.05, 3.63) is 47.5 Å². The SMILES string of the molecule is CN(CCCC=O)C(=O)c1cc(C#N)cc2ccccc12. The highest BCUT2D eigenvalue weighted by atomic mass is 16.2. The zero-order valence-electron chi connectivity index (χ0n) is 11.9. The summed E-state index contributed by atoms with van der Waals surface area (Å²) in [5.41, 5.74) is 0.997. The first-order chi connectivity index (χ1) is 10.2. The Morgan fingerprint density at radius 2 is 2.10 bits per heavy atom. The molecule has 0 spiro atoms. The average Bonchev–Trinajstić information content (AvgIpc) is 2.53. The highest BCUT2D eigenvalue weighted by molar-refractivity contribution is 6.07. The van der Waals surface area contributed by atoms with Crippen LogP contribution < -0.4 is 0 Å². The lowest BCUT2D eigenvalue weighted by atomic mass is 10.0. The van der Waals surface area contributed by atoms with E-state index in [2.05, 4.69) is 6.07 Å². The molecule has 0 bridgehead atoms. The quantitative estimate of drug-likeness (QED) is 0.625. The first-order valence-electron chi connectivity index (χ1n) is 6.79. The van der Waals surface area contributed by atoms with Gasteiger partial charge in [-0.05, 0) is 29.3 Å². The van der Waals surface area contributed by atoms with Crippen molar-refractivity contribution < 1.29 is 9.59 Å². The van der Waals surface area contributed by atoms with Crippen LogP contribution >= 0.6 is 0 Å². The Morgan fingerprint density at radius 3 is 2.81 bits per heavy atom. The van der Waals surface area contributed by atoms with E-state index in [1.165, 1.54) is 0 Å². The van der Waals surface area contributed by atoms with Gasteiger partial charge in [0.05, 0.1) is 11.6 Å². The van der Waals surface area contributed by atoms with Crippen molar-refractivity contribution in [1.29, 1.82) is 5.26 Å². The van der Waals surface area contributed by atoms with Crippen LogP contribution in [0, 0.1) is 11.3 Å². The lowest BCUT2D eigenvalue weighted by Gasteiger charge is -2.18. The van der Waals surface area contributed by atoms with E-state index in [0.717, 1.165) is 17.1 Å². The molecule has 2 rings (SSSR count). The molecule has 1 amide bonds. The van der Waals surface area contributed by atoms with Crippen LogP contribution in [-0.4, -0.2) is 30.7 Å². The standard InChI is InChI=1S/C17H16N2O2/c1-19(8-4-5-9-20)17(21)16-11-13(12-18)10-14-6-2-3-7-15(14)16/h2-3,6-7,9-11H,4-5,8H2,1H3. The fraction of sp³-hybridized carbons (Fsp3) is 0.235. The van der Waals surface area contributed by atoms with Crippen molar-refractivity contribution in [2.24, 2.45) is 0 Å². The molecule has 0 aliphatic rings. The van der Waals surface area contributed by atoms with Gasteiger partial charge in [0.15, 0.2) is 0 Å². The maximum atomic E-state index is 12.5. The Hall–Kier alpha value is -2.67. The normalized spacial score (nSPS) is 10.1. The van der Waals surface area contributed by atoms with Gasteiger partial charge < -0.3 is 9.69 Å². The number of fused-ring (bicyclic) bond motifs is 1. The number of nitrogens with zero attached hydrogens (tertiary/aromatic N) is 2. The molecule has 106 valence electrons. The smallest absolute Gasteiger partial charge is 0.254 e. The van der Waals surface area contributed by atoms with Crippen LogP contribution in [0.4, 0.5) is 0 Å². The van der Waals surface area contributed by atoms with Gasteiger partial charge in [-0.1, -0.05) is 24.3 Å². The van der Waals surface area contributed by atoms with Crippen molar-refractivity contribution in [1.82, 2.24) is 4.90 Å². The van der Waals surface area contributed by atoms with Gasteiger partial charge in [-0.2, -0.15) is 5.26 Å². The van der Waals surface area contributed by atoms with Gasteiger partial charge in [-0.15, -0.1) is 0 Å². The first kappa shape index (κ1) is 14.7. The molecule has 0 fully saturated rings. The molecule has 0 unspecified atom stereocenters. The summed E-state index contributed by atoms with van der Waals surface area (Å²) in [6.07, 6.45) is 1.93. The average molecular weight is 280 g/mol. The maximum absolute atomic E-state index is 12.5. The Balaban J connectivity index is 2.38. The number of amides is 1. The molecule has 0 saturated carbocycles. The van der Waals surface area contributed by atoms with E-state index >= 15 is 0 Å². The van der Waals surface area contributed by atoms with E-state index in [9.17, 15) is 9.59 Å². The lowest BCUT2D eigenvalue weighted by molar-refractivity contribution is -0.107. The number of benzene rings is 2. The van der Waals surface area contributed by atoms with Crippen molar-refractivity contribution in [3.63, 3.8) is 0 Å². The van der Waals surface area contributed by atoms with Crippen molar-refractivity contribution in [2.75, 3.05) is 13.6 Å². The summed E-state index contributed by atoms with van der Waals surface area (Å²) in [6, 6.07) is 13.0. The second kappa shape index (κ2) is 6.67. The van der Waals surface area contributed by atoms with Gasteiger partial charge in [0.1, 0.15) is 6.29 Å². The topological polar surface area (TPSA) is 61.2 Å². The highest BCUT2D eigenvalue weighted by Crippen LogP contribution is 2.22. The van der Waals surface area contributed by atoms with E-state index in [-0.39, 0.29) is 5.91 Å². The van der Waals surface area contributed by atoms with E-state index in [0.29, 0.717) is 30.5 Å². The number of aldehydes is 1. The zero-order chi connectivity index (χ0) is 15.2. The molecule has 0 aliphatic heterocycles. The number of unbranched alkanes of at least 4 members (excludes halogenated alkanes) is 1. The van der Waals surface area contributed by atoms with Gasteiger partial charge in [-0.25, -0.2) is 0 Å². The number of nitriles is 1. The highest BCUT2D eigenvalue weighted by Gasteiger charge is 2.15. The molecule has 0 N–H and O–H groups in total. The van der Waals surface area contributed by atoms with Crippen LogP contribution in [0.3, 0.4) is 0 Å². The number of rotatable bonds is 5. The van der Waals surface area contributed by atoms with Crippen molar-refractivity contribution >= 4 is 23.0 Å². The van der Waals surface area contributed by atoms with E-state index < -0.39 is 0 Å². The molecule has 0 aliphatic carbocycles. The van der Waals surface area contributed by atoms with E-state index in [1.54, 1.807) is 24.1 Å². The van der Waals surface area contributed by atoms with Gasteiger partial charge in [0, 0.05) is 25.6 Å². The fourth-order valence-corrected chi connectivity index (χ4v) is 2.27. The Morgan fingerprint density at radius 1 is 1.33 bits per heavy atom. The van der Waals surface area contributed by atoms with Crippen LogP contribution in [-0.2, 0) is 4.79 Å². The summed E-state index contributed by atoms with van der Waals surface area (Å²) in [4.78, 5) is 24.5. The molecule has 0 heterocycles. The Labute approximate surface area is 123 Å². The lowest BCUT2D eigenvalue weighted by Crippen LogP contribution is -2.28. The number of carbonyl (C=O) groups is 2. The Bertz CT molecular complexity index is 716. The van der Waals surface area contributed by atoms with Gasteiger partial charge >= 0.3 is 0 Å². The summed E-state index contributed by atoms with van der Waals surface area (Å²) in [5.74, 6) is -0.130. The number of hydrogen-bond donors (Lipinski definition) is 0. The molecule has 4 nitrogen and oxygen atoms in total. The molecule has 2 aromatic rings. The molecular formula is C17H16N2O2. The largest absolute Gasteiger partial charge is 0.342 e. The molecule has 4 heteroatoms. The molecule has 0 radical (unpaired) electrons. The first-order valence-corrected chi connectivity index (χ1v) is 6.79. The second-order valence-corrected chi connectivity index (χ2v) is 4.89. The minimum absolute atomic E-state index is 0.130. The second-order valence-electron chi connectivity index (χ2n) is 4.89. The molecular weight excluding hydrogens is 264 g/mol. The minimum atomic E-state index is -0.130. The summed E-state index contributed by atoms with van der Waals surface area (Å²) in [5, 5.41) is 10.8. The number of hydrogen-bond acceptors (Lipinski definition) is 3. The van der Waals surface area contributed by atoms with Crippen molar-refractivity contribution in [2.45, 2.75) is 12.8 Å². The molecule has 0 aromatic heterocycles. The van der Waals surface area contributed by atoms with Crippen LogP contribution in [0.15, 0.2) is 36.4 Å².